The van der Waals surface area contributed by atoms with Gasteiger partial charge in [0.05, 0.1) is 23.2 Å². The van der Waals surface area contributed by atoms with E-state index < -0.39 is 0 Å². The van der Waals surface area contributed by atoms with Crippen molar-refractivity contribution in [3.05, 3.63) is 65.9 Å². The third-order valence-corrected chi connectivity index (χ3v) is 6.05. The molecule has 0 saturated heterocycles. The minimum atomic E-state index is 0.0376. The van der Waals surface area contributed by atoms with Crippen molar-refractivity contribution < 1.29 is 9.21 Å². The van der Waals surface area contributed by atoms with Crippen LogP contribution in [0.15, 0.2) is 64.6 Å². The smallest absolute Gasteiger partial charge is 0.221 e. The highest BCUT2D eigenvalue weighted by Crippen LogP contribution is 2.30. The van der Waals surface area contributed by atoms with Gasteiger partial charge in [-0.3, -0.25) is 4.79 Å². The summed E-state index contributed by atoms with van der Waals surface area (Å²) in [5.74, 6) is 2.36. The predicted molar refractivity (Wildman–Crippen MR) is 125 cm³/mol. The fourth-order valence-corrected chi connectivity index (χ4v) is 4.01. The molecule has 1 N–H and O–H groups in total. The molecule has 1 aromatic carbocycles. The largest absolute Gasteiger partial charge is 0.467 e. The molecule has 6 nitrogen and oxygen atoms in total. The van der Waals surface area contributed by atoms with Gasteiger partial charge in [0.25, 0.3) is 0 Å². The summed E-state index contributed by atoms with van der Waals surface area (Å²) in [7, 11) is 0. The Bertz CT molecular complexity index is 1130. The summed E-state index contributed by atoms with van der Waals surface area (Å²) in [5.41, 5.74) is 0.879. The molecule has 0 radical (unpaired) electrons. The summed E-state index contributed by atoms with van der Waals surface area (Å²) >= 11 is 1.61. The van der Waals surface area contributed by atoms with E-state index in [1.165, 1.54) is 0 Å². The number of benzene rings is 1. The molecule has 4 aromatic rings. The van der Waals surface area contributed by atoms with E-state index in [1.807, 2.05) is 60.8 Å². The lowest BCUT2D eigenvalue weighted by atomic mass is 10.2. The highest BCUT2D eigenvalue weighted by Gasteiger charge is 2.19. The summed E-state index contributed by atoms with van der Waals surface area (Å²) in [6.45, 7) is 5.12. The number of fused-ring (bicyclic) bond motifs is 1. The van der Waals surface area contributed by atoms with Crippen LogP contribution in [0.25, 0.3) is 21.6 Å². The van der Waals surface area contributed by atoms with Crippen LogP contribution in [0.5, 0.6) is 0 Å². The van der Waals surface area contributed by atoms with Crippen molar-refractivity contribution in [1.29, 1.82) is 0 Å². The van der Waals surface area contributed by atoms with Gasteiger partial charge in [0.15, 0.2) is 5.82 Å². The first kappa shape index (κ1) is 21.1. The molecule has 0 aliphatic rings. The average Bonchev–Trinajstić information content (AvgIpc) is 3.50. The minimum absolute atomic E-state index is 0.0376. The van der Waals surface area contributed by atoms with E-state index >= 15 is 0 Å². The molecule has 0 saturated carbocycles. The first-order valence-electron chi connectivity index (χ1n) is 10.5. The lowest BCUT2D eigenvalue weighted by Gasteiger charge is -2.24. The maximum Gasteiger partial charge on any atom is 0.221 e. The Hall–Kier alpha value is -3.19. The van der Waals surface area contributed by atoms with Crippen molar-refractivity contribution in [2.24, 2.45) is 0 Å². The zero-order valence-corrected chi connectivity index (χ0v) is 18.6. The van der Waals surface area contributed by atoms with Gasteiger partial charge < -0.3 is 14.6 Å². The Labute approximate surface area is 185 Å². The van der Waals surface area contributed by atoms with E-state index in [0.717, 1.165) is 33.8 Å². The molecule has 0 aliphatic heterocycles. The SMILES string of the molecule is CCC(C)NC(=O)CCN(Cc1ccco1)c1nc(-c2cccs2)nc2ccccc12. The molecule has 0 aliphatic carbocycles. The standard InChI is InChI=1S/C24H26N4O2S/c1-3-17(2)25-22(29)12-13-28(16-18-8-6-14-30-18)24-19-9-4-5-10-20(19)26-23(27-24)21-11-7-15-31-21/h4-11,14-15,17H,3,12-13,16H2,1-2H3,(H,25,29). The number of furan rings is 1. The molecule has 3 heterocycles. The number of nitrogens with zero attached hydrogens (tertiary/aromatic N) is 3. The second-order valence-electron chi connectivity index (χ2n) is 7.49. The first-order chi connectivity index (χ1) is 15.1. The van der Waals surface area contributed by atoms with Crippen LogP contribution in [0.1, 0.15) is 32.4 Å². The molecule has 31 heavy (non-hydrogen) atoms. The minimum Gasteiger partial charge on any atom is -0.467 e. The number of hydrogen-bond acceptors (Lipinski definition) is 6. The Morgan fingerprint density at radius 3 is 2.77 bits per heavy atom. The lowest BCUT2D eigenvalue weighted by Crippen LogP contribution is -2.35. The van der Waals surface area contributed by atoms with Crippen LogP contribution in [-0.2, 0) is 11.3 Å². The van der Waals surface area contributed by atoms with Gasteiger partial charge >= 0.3 is 0 Å². The Kier molecular flexibility index (Phi) is 6.62. The molecule has 0 spiro atoms. The number of hydrogen-bond donors (Lipinski definition) is 1. The molecule has 0 bridgehead atoms. The number of thiophene rings is 1. The van der Waals surface area contributed by atoms with Gasteiger partial charge in [-0.2, -0.15) is 0 Å². The average molecular weight is 435 g/mol. The maximum absolute atomic E-state index is 12.5. The summed E-state index contributed by atoms with van der Waals surface area (Å²) in [6.07, 6.45) is 2.94. The highest BCUT2D eigenvalue weighted by atomic mass is 32.1. The Balaban J connectivity index is 1.70. The van der Waals surface area contributed by atoms with Crippen LogP contribution in [0.2, 0.25) is 0 Å². The topological polar surface area (TPSA) is 71.3 Å². The number of aromatic nitrogens is 2. The number of carbonyl (C=O) groups excluding carboxylic acids is 1. The number of anilines is 1. The second-order valence-corrected chi connectivity index (χ2v) is 8.44. The highest BCUT2D eigenvalue weighted by molar-refractivity contribution is 7.13. The summed E-state index contributed by atoms with van der Waals surface area (Å²) in [5, 5.41) is 6.02. The monoisotopic (exact) mass is 434 g/mol. The number of rotatable bonds is 9. The van der Waals surface area contributed by atoms with Crippen LogP contribution in [0, 0.1) is 0 Å². The van der Waals surface area contributed by atoms with Crippen LogP contribution < -0.4 is 10.2 Å². The Morgan fingerprint density at radius 1 is 1.16 bits per heavy atom. The fourth-order valence-electron chi connectivity index (χ4n) is 3.35. The van der Waals surface area contributed by atoms with Crippen molar-refractivity contribution >= 4 is 34.0 Å². The van der Waals surface area contributed by atoms with E-state index in [4.69, 9.17) is 14.4 Å². The molecule has 1 atom stereocenters. The molecular formula is C24H26N4O2S. The van der Waals surface area contributed by atoms with Gasteiger partial charge in [0.1, 0.15) is 11.6 Å². The molecule has 4 rings (SSSR count). The number of carbonyl (C=O) groups is 1. The number of amides is 1. The van der Waals surface area contributed by atoms with Crippen LogP contribution in [0.3, 0.4) is 0 Å². The molecule has 1 unspecified atom stereocenters. The quantitative estimate of drug-likeness (QED) is 0.389. The van der Waals surface area contributed by atoms with Crippen molar-refractivity contribution in [3.8, 4) is 10.7 Å². The van der Waals surface area contributed by atoms with Crippen LogP contribution in [0.4, 0.5) is 5.82 Å². The second kappa shape index (κ2) is 9.75. The van der Waals surface area contributed by atoms with E-state index in [2.05, 4.69) is 17.1 Å². The van der Waals surface area contributed by atoms with Gasteiger partial charge in [0.2, 0.25) is 5.91 Å². The van der Waals surface area contributed by atoms with E-state index in [0.29, 0.717) is 25.3 Å². The predicted octanol–water partition coefficient (Wildman–Crippen LogP) is 5.26. The van der Waals surface area contributed by atoms with Crippen molar-refractivity contribution in [3.63, 3.8) is 0 Å². The van der Waals surface area contributed by atoms with Crippen molar-refractivity contribution in [2.45, 2.75) is 39.3 Å². The number of nitrogens with one attached hydrogen (secondary N) is 1. The molecular weight excluding hydrogens is 408 g/mol. The summed E-state index contributed by atoms with van der Waals surface area (Å²) in [4.78, 5) is 25.3. The zero-order valence-electron chi connectivity index (χ0n) is 17.7. The van der Waals surface area contributed by atoms with Gasteiger partial charge in [-0.1, -0.05) is 25.1 Å². The van der Waals surface area contributed by atoms with Crippen molar-refractivity contribution in [1.82, 2.24) is 15.3 Å². The summed E-state index contributed by atoms with van der Waals surface area (Å²) < 4.78 is 5.61. The van der Waals surface area contributed by atoms with Gasteiger partial charge in [0, 0.05) is 24.4 Å². The van der Waals surface area contributed by atoms with Crippen LogP contribution >= 0.6 is 11.3 Å². The third-order valence-electron chi connectivity index (χ3n) is 5.18. The molecule has 0 fully saturated rings. The van der Waals surface area contributed by atoms with Gasteiger partial charge in [-0.05, 0) is 49.1 Å². The molecule has 1 amide bonds. The van der Waals surface area contributed by atoms with Gasteiger partial charge in [-0.15, -0.1) is 11.3 Å². The number of para-hydroxylation sites is 1. The van der Waals surface area contributed by atoms with Crippen molar-refractivity contribution in [2.75, 3.05) is 11.4 Å². The van der Waals surface area contributed by atoms with Crippen LogP contribution in [-0.4, -0.2) is 28.5 Å². The lowest BCUT2D eigenvalue weighted by molar-refractivity contribution is -0.121. The van der Waals surface area contributed by atoms with E-state index in [-0.39, 0.29) is 11.9 Å². The zero-order chi connectivity index (χ0) is 21.6. The normalized spacial score (nSPS) is 12.1. The third kappa shape index (κ3) is 5.11. The molecule has 160 valence electrons. The fraction of sp³-hybridized carbons (Fsp3) is 0.292. The summed E-state index contributed by atoms with van der Waals surface area (Å²) in [6, 6.07) is 16.0. The van der Waals surface area contributed by atoms with E-state index in [9.17, 15) is 4.79 Å². The molecule has 3 aromatic heterocycles. The van der Waals surface area contributed by atoms with Gasteiger partial charge in [-0.25, -0.2) is 9.97 Å². The molecule has 7 heteroatoms. The maximum atomic E-state index is 12.5. The Morgan fingerprint density at radius 2 is 2.03 bits per heavy atom. The van der Waals surface area contributed by atoms with E-state index in [1.54, 1.807) is 17.6 Å². The first-order valence-corrected chi connectivity index (χ1v) is 11.4.